The third kappa shape index (κ3) is 2.49. The topological polar surface area (TPSA) is 69.9 Å². The number of phenolic OH excluding ortho intramolecular Hbond substituents is 1. The van der Waals surface area contributed by atoms with Gasteiger partial charge in [0, 0.05) is 10.8 Å². The van der Waals surface area contributed by atoms with Crippen molar-refractivity contribution in [3.05, 3.63) is 36.4 Å². The summed E-state index contributed by atoms with van der Waals surface area (Å²) in [6, 6.07) is 10.5. The van der Waals surface area contributed by atoms with Crippen LogP contribution in [0.4, 0.5) is 0 Å². The molecule has 0 amide bonds. The fourth-order valence-corrected chi connectivity index (χ4v) is 1.62. The van der Waals surface area contributed by atoms with Crippen LogP contribution in [0.5, 0.6) is 11.5 Å². The first-order valence-corrected chi connectivity index (χ1v) is 5.35. The lowest BCUT2D eigenvalue weighted by atomic mass is 10.1. The van der Waals surface area contributed by atoms with E-state index in [2.05, 4.69) is 0 Å². The average Bonchev–Trinajstić information content (AvgIpc) is 2.38. The van der Waals surface area contributed by atoms with Crippen LogP contribution in [-0.4, -0.2) is 34.6 Å². The molecule has 17 heavy (non-hydrogen) atoms. The van der Waals surface area contributed by atoms with Crippen LogP contribution in [0.2, 0.25) is 0 Å². The van der Waals surface area contributed by atoms with Gasteiger partial charge < -0.3 is 20.1 Å². The van der Waals surface area contributed by atoms with Crippen LogP contribution >= 0.6 is 0 Å². The number of aromatic hydroxyl groups is 1. The Morgan fingerprint density at radius 2 is 1.76 bits per heavy atom. The monoisotopic (exact) mass is 234 g/mol. The largest absolute Gasteiger partial charge is 0.507 e. The maximum absolute atomic E-state index is 9.67. The molecule has 0 aliphatic heterocycles. The van der Waals surface area contributed by atoms with Crippen molar-refractivity contribution in [3.8, 4) is 11.5 Å². The van der Waals surface area contributed by atoms with Gasteiger partial charge in [0.2, 0.25) is 0 Å². The molecular formula is C13H14O4. The Labute approximate surface area is 98.7 Å². The van der Waals surface area contributed by atoms with E-state index in [4.69, 9.17) is 9.84 Å². The van der Waals surface area contributed by atoms with Crippen molar-refractivity contribution in [2.24, 2.45) is 0 Å². The number of benzene rings is 2. The number of phenols is 1. The predicted molar refractivity (Wildman–Crippen MR) is 64.2 cm³/mol. The van der Waals surface area contributed by atoms with Crippen LogP contribution in [0.1, 0.15) is 0 Å². The fourth-order valence-electron chi connectivity index (χ4n) is 1.62. The van der Waals surface area contributed by atoms with E-state index >= 15 is 0 Å². The molecule has 0 radical (unpaired) electrons. The minimum atomic E-state index is -0.900. The van der Waals surface area contributed by atoms with E-state index in [9.17, 15) is 10.2 Å². The molecule has 0 heterocycles. The van der Waals surface area contributed by atoms with Gasteiger partial charge in [-0.3, -0.25) is 0 Å². The van der Waals surface area contributed by atoms with Crippen molar-refractivity contribution in [2.45, 2.75) is 6.10 Å². The van der Waals surface area contributed by atoms with Gasteiger partial charge in [-0.2, -0.15) is 0 Å². The molecule has 3 N–H and O–H groups in total. The zero-order valence-electron chi connectivity index (χ0n) is 9.21. The Balaban J connectivity index is 2.32. The van der Waals surface area contributed by atoms with E-state index in [1.54, 1.807) is 18.2 Å². The first-order chi connectivity index (χ1) is 8.22. The zero-order chi connectivity index (χ0) is 12.3. The van der Waals surface area contributed by atoms with E-state index in [1.165, 1.54) is 0 Å². The Hall–Kier alpha value is -1.78. The molecule has 0 bridgehead atoms. The highest BCUT2D eigenvalue weighted by molar-refractivity contribution is 5.92. The predicted octanol–water partition coefficient (Wildman–Crippen LogP) is 1.28. The summed E-state index contributed by atoms with van der Waals surface area (Å²) >= 11 is 0. The van der Waals surface area contributed by atoms with Gasteiger partial charge in [-0.15, -0.1) is 0 Å². The molecule has 0 aromatic heterocycles. The van der Waals surface area contributed by atoms with Gasteiger partial charge in [-0.1, -0.05) is 24.3 Å². The van der Waals surface area contributed by atoms with Crippen LogP contribution in [0.25, 0.3) is 10.8 Å². The minimum absolute atomic E-state index is 0.0191. The molecule has 1 unspecified atom stereocenters. The van der Waals surface area contributed by atoms with E-state index in [0.717, 1.165) is 5.39 Å². The third-order valence-corrected chi connectivity index (χ3v) is 2.50. The number of hydrogen-bond acceptors (Lipinski definition) is 4. The lowest BCUT2D eigenvalue weighted by molar-refractivity contribution is 0.0541. The Morgan fingerprint density at radius 1 is 1.06 bits per heavy atom. The summed E-state index contributed by atoms with van der Waals surface area (Å²) in [5, 5.41) is 29.1. The van der Waals surface area contributed by atoms with Gasteiger partial charge in [0.1, 0.15) is 24.2 Å². The standard InChI is InChI=1S/C13H14O4/c14-7-9(15)8-17-13-6-5-12(16)10-3-1-2-4-11(10)13/h1-6,9,14-16H,7-8H2. The molecule has 0 aliphatic carbocycles. The summed E-state index contributed by atoms with van der Waals surface area (Å²) in [5.74, 6) is 0.765. The Morgan fingerprint density at radius 3 is 2.47 bits per heavy atom. The molecule has 2 aromatic rings. The van der Waals surface area contributed by atoms with Gasteiger partial charge in [0.15, 0.2) is 0 Å². The summed E-state index contributed by atoms with van der Waals surface area (Å²) in [6.07, 6.45) is -0.900. The second-order valence-corrected chi connectivity index (χ2v) is 3.78. The minimum Gasteiger partial charge on any atom is -0.507 e. The summed E-state index contributed by atoms with van der Waals surface area (Å²) in [4.78, 5) is 0. The molecular weight excluding hydrogens is 220 g/mol. The van der Waals surface area contributed by atoms with Gasteiger partial charge in [-0.25, -0.2) is 0 Å². The number of hydrogen-bond donors (Lipinski definition) is 3. The van der Waals surface area contributed by atoms with Crippen molar-refractivity contribution < 1.29 is 20.1 Å². The quantitative estimate of drug-likeness (QED) is 0.745. The van der Waals surface area contributed by atoms with E-state index in [1.807, 2.05) is 18.2 Å². The molecule has 0 aliphatic rings. The first-order valence-electron chi connectivity index (χ1n) is 5.35. The van der Waals surface area contributed by atoms with Crippen LogP contribution in [-0.2, 0) is 0 Å². The summed E-state index contributed by atoms with van der Waals surface area (Å²) in [5.41, 5.74) is 0. The van der Waals surface area contributed by atoms with E-state index in [-0.39, 0.29) is 19.0 Å². The highest BCUT2D eigenvalue weighted by atomic mass is 16.5. The summed E-state index contributed by atoms with van der Waals surface area (Å²) in [7, 11) is 0. The Bertz CT molecular complexity index is 510. The molecule has 2 aromatic carbocycles. The highest BCUT2D eigenvalue weighted by Gasteiger charge is 2.08. The van der Waals surface area contributed by atoms with Crippen molar-refractivity contribution in [1.82, 2.24) is 0 Å². The molecule has 4 heteroatoms. The first kappa shape index (κ1) is 11.7. The van der Waals surface area contributed by atoms with Gasteiger partial charge in [0.05, 0.1) is 6.61 Å². The van der Waals surface area contributed by atoms with Gasteiger partial charge in [0.25, 0.3) is 0 Å². The smallest absolute Gasteiger partial charge is 0.127 e. The second-order valence-electron chi connectivity index (χ2n) is 3.78. The van der Waals surface area contributed by atoms with E-state index in [0.29, 0.717) is 11.1 Å². The molecule has 1 atom stereocenters. The van der Waals surface area contributed by atoms with E-state index < -0.39 is 6.10 Å². The zero-order valence-corrected chi connectivity index (χ0v) is 9.21. The van der Waals surface area contributed by atoms with Gasteiger partial charge >= 0.3 is 0 Å². The fraction of sp³-hybridized carbons (Fsp3) is 0.231. The van der Waals surface area contributed by atoms with Crippen LogP contribution in [0.15, 0.2) is 36.4 Å². The maximum atomic E-state index is 9.67. The third-order valence-electron chi connectivity index (χ3n) is 2.50. The van der Waals surface area contributed by atoms with Crippen molar-refractivity contribution >= 4 is 10.8 Å². The number of ether oxygens (including phenoxy) is 1. The highest BCUT2D eigenvalue weighted by Crippen LogP contribution is 2.32. The number of aliphatic hydroxyl groups excluding tert-OH is 2. The lowest BCUT2D eigenvalue weighted by Gasteiger charge is -2.12. The maximum Gasteiger partial charge on any atom is 0.127 e. The van der Waals surface area contributed by atoms with Crippen LogP contribution in [0, 0.1) is 0 Å². The molecule has 4 nitrogen and oxygen atoms in total. The van der Waals surface area contributed by atoms with Crippen molar-refractivity contribution in [3.63, 3.8) is 0 Å². The molecule has 2 rings (SSSR count). The SMILES string of the molecule is OCC(O)COc1ccc(O)c2ccccc12. The number of fused-ring (bicyclic) bond motifs is 1. The summed E-state index contributed by atoms with van der Waals surface area (Å²) < 4.78 is 5.41. The Kier molecular flexibility index (Phi) is 3.46. The number of aliphatic hydroxyl groups is 2. The van der Waals surface area contributed by atoms with Crippen molar-refractivity contribution in [2.75, 3.05) is 13.2 Å². The molecule has 0 spiro atoms. The van der Waals surface area contributed by atoms with Crippen molar-refractivity contribution in [1.29, 1.82) is 0 Å². The molecule has 90 valence electrons. The normalized spacial score (nSPS) is 12.6. The van der Waals surface area contributed by atoms with Gasteiger partial charge in [-0.05, 0) is 12.1 Å². The number of rotatable bonds is 4. The average molecular weight is 234 g/mol. The molecule has 0 fully saturated rings. The summed E-state index contributed by atoms with van der Waals surface area (Å²) in [6.45, 7) is -0.318. The van der Waals surface area contributed by atoms with Crippen LogP contribution < -0.4 is 4.74 Å². The van der Waals surface area contributed by atoms with Crippen LogP contribution in [0.3, 0.4) is 0 Å². The lowest BCUT2D eigenvalue weighted by Crippen LogP contribution is -2.21. The second kappa shape index (κ2) is 5.03. The molecule has 0 saturated heterocycles. The molecule has 0 saturated carbocycles.